The van der Waals surface area contributed by atoms with Crippen molar-refractivity contribution in [3.05, 3.63) is 27.3 Å². The molecule has 18 heavy (non-hydrogen) atoms. The van der Waals surface area contributed by atoms with Crippen LogP contribution in [-0.2, 0) is 10.0 Å². The second-order valence-electron chi connectivity index (χ2n) is 4.80. The van der Waals surface area contributed by atoms with Gasteiger partial charge in [0.05, 0.1) is 10.5 Å². The Morgan fingerprint density at radius 1 is 1.33 bits per heavy atom. The highest BCUT2D eigenvalue weighted by Gasteiger charge is 2.23. The fraction of sp³-hybridized carbons (Fsp3) is 0.364. The van der Waals surface area contributed by atoms with Gasteiger partial charge in [-0.3, -0.25) is 0 Å². The minimum atomic E-state index is -3.71. The van der Waals surface area contributed by atoms with Crippen molar-refractivity contribution in [2.75, 3.05) is 0 Å². The number of carbonyl (C=O) groups is 1. The maximum atomic E-state index is 12.0. The summed E-state index contributed by atoms with van der Waals surface area (Å²) in [5.41, 5.74) is -0.641. The Hall–Kier alpha value is -0.670. The number of benzene rings is 1. The van der Waals surface area contributed by atoms with E-state index in [4.69, 9.17) is 5.11 Å². The summed E-state index contributed by atoms with van der Waals surface area (Å²) in [4.78, 5) is 10.9. The van der Waals surface area contributed by atoms with Crippen LogP contribution in [0.15, 0.2) is 23.1 Å². The van der Waals surface area contributed by atoms with Crippen molar-refractivity contribution in [3.63, 3.8) is 0 Å². The standard InChI is InChI=1S/C11H14INO4S/c1-11(2,3)13-18(16,17)7-4-5-9(12)8(6-7)10(14)15/h4-6,13H,1-3H3,(H,14,15). The van der Waals surface area contributed by atoms with Gasteiger partial charge in [0.2, 0.25) is 10.0 Å². The third kappa shape index (κ3) is 3.92. The van der Waals surface area contributed by atoms with Gasteiger partial charge in [0, 0.05) is 9.11 Å². The predicted molar refractivity (Wildman–Crippen MR) is 76.2 cm³/mol. The van der Waals surface area contributed by atoms with Crippen molar-refractivity contribution >= 4 is 38.6 Å². The maximum absolute atomic E-state index is 12.0. The summed E-state index contributed by atoms with van der Waals surface area (Å²) in [6, 6.07) is 4.03. The molecule has 0 unspecified atom stereocenters. The average molecular weight is 383 g/mol. The fourth-order valence-electron chi connectivity index (χ4n) is 1.30. The van der Waals surface area contributed by atoms with Crippen molar-refractivity contribution in [1.82, 2.24) is 4.72 Å². The van der Waals surface area contributed by atoms with Crippen LogP contribution < -0.4 is 4.72 Å². The molecule has 1 aromatic rings. The number of rotatable bonds is 3. The van der Waals surface area contributed by atoms with Gasteiger partial charge in [-0.15, -0.1) is 0 Å². The van der Waals surface area contributed by atoms with Crippen LogP contribution in [0.25, 0.3) is 0 Å². The molecule has 0 radical (unpaired) electrons. The molecule has 0 aromatic heterocycles. The molecule has 0 heterocycles. The first-order chi connectivity index (χ1) is 8.03. The van der Waals surface area contributed by atoms with Crippen LogP contribution in [0.3, 0.4) is 0 Å². The van der Waals surface area contributed by atoms with Gasteiger partial charge >= 0.3 is 5.97 Å². The highest BCUT2D eigenvalue weighted by Crippen LogP contribution is 2.19. The Morgan fingerprint density at radius 2 is 1.89 bits per heavy atom. The number of sulfonamides is 1. The van der Waals surface area contributed by atoms with E-state index in [-0.39, 0.29) is 10.5 Å². The van der Waals surface area contributed by atoms with Crippen LogP contribution in [0, 0.1) is 3.57 Å². The number of hydrogen-bond acceptors (Lipinski definition) is 3. The highest BCUT2D eigenvalue weighted by atomic mass is 127. The largest absolute Gasteiger partial charge is 0.478 e. The topological polar surface area (TPSA) is 83.5 Å². The summed E-state index contributed by atoms with van der Waals surface area (Å²) < 4.78 is 27.0. The van der Waals surface area contributed by atoms with Gasteiger partial charge in [-0.1, -0.05) is 0 Å². The molecule has 1 rings (SSSR count). The minimum absolute atomic E-state index is 0.0209. The van der Waals surface area contributed by atoms with E-state index in [0.29, 0.717) is 3.57 Å². The summed E-state index contributed by atoms with van der Waals surface area (Å²) in [7, 11) is -3.71. The van der Waals surface area contributed by atoms with Crippen LogP contribution in [0.1, 0.15) is 31.1 Å². The van der Waals surface area contributed by atoms with E-state index in [0.717, 1.165) is 6.07 Å². The van der Waals surface area contributed by atoms with Gasteiger partial charge in [-0.25, -0.2) is 17.9 Å². The summed E-state index contributed by atoms with van der Waals surface area (Å²) in [6.07, 6.45) is 0. The lowest BCUT2D eigenvalue weighted by Crippen LogP contribution is -2.40. The predicted octanol–water partition coefficient (Wildman–Crippen LogP) is 2.07. The summed E-state index contributed by atoms with van der Waals surface area (Å²) in [6.45, 7) is 5.15. The van der Waals surface area contributed by atoms with Gasteiger partial charge in [0.15, 0.2) is 0 Å². The average Bonchev–Trinajstić information content (AvgIpc) is 2.13. The SMILES string of the molecule is CC(C)(C)NS(=O)(=O)c1ccc(I)c(C(=O)O)c1. The highest BCUT2D eigenvalue weighted by molar-refractivity contribution is 14.1. The molecule has 0 saturated heterocycles. The fourth-order valence-corrected chi connectivity index (χ4v) is 3.31. The molecule has 0 fully saturated rings. The number of carboxylic acids is 1. The molecule has 0 atom stereocenters. The molecule has 0 amide bonds. The van der Waals surface area contributed by atoms with Crippen LogP contribution in [0.4, 0.5) is 0 Å². The molecule has 0 aliphatic carbocycles. The number of nitrogens with one attached hydrogen (secondary N) is 1. The zero-order valence-electron chi connectivity index (χ0n) is 10.2. The lowest BCUT2D eigenvalue weighted by Gasteiger charge is -2.20. The quantitative estimate of drug-likeness (QED) is 0.783. The van der Waals surface area contributed by atoms with Crippen molar-refractivity contribution in [3.8, 4) is 0 Å². The van der Waals surface area contributed by atoms with Crippen LogP contribution >= 0.6 is 22.6 Å². The smallest absolute Gasteiger partial charge is 0.336 e. The lowest BCUT2D eigenvalue weighted by molar-refractivity contribution is 0.0695. The normalized spacial score (nSPS) is 12.4. The third-order valence-corrected chi connectivity index (χ3v) is 4.62. The third-order valence-electron chi connectivity index (χ3n) is 1.92. The number of halogens is 1. The Morgan fingerprint density at radius 3 is 2.33 bits per heavy atom. The molecule has 7 heteroatoms. The van der Waals surface area contributed by atoms with E-state index in [1.165, 1.54) is 12.1 Å². The molecular formula is C11H14INO4S. The van der Waals surface area contributed by atoms with Gasteiger partial charge in [-0.2, -0.15) is 0 Å². The Balaban J connectivity index is 3.27. The molecule has 0 aliphatic heterocycles. The van der Waals surface area contributed by atoms with Crippen molar-refractivity contribution in [1.29, 1.82) is 0 Å². The summed E-state index contributed by atoms with van der Waals surface area (Å²) >= 11 is 1.85. The van der Waals surface area contributed by atoms with E-state index in [1.807, 2.05) is 22.6 Å². The van der Waals surface area contributed by atoms with Gasteiger partial charge in [0.25, 0.3) is 0 Å². The molecule has 2 N–H and O–H groups in total. The van der Waals surface area contributed by atoms with Crippen molar-refractivity contribution in [2.45, 2.75) is 31.2 Å². The molecule has 0 aliphatic rings. The van der Waals surface area contributed by atoms with Crippen LogP contribution in [0.2, 0.25) is 0 Å². The molecule has 100 valence electrons. The number of aromatic carboxylic acids is 1. The molecule has 5 nitrogen and oxygen atoms in total. The van der Waals surface area contributed by atoms with E-state index in [2.05, 4.69) is 4.72 Å². The number of carboxylic acid groups (broad SMARTS) is 1. The first-order valence-corrected chi connectivity index (χ1v) is 7.66. The Kier molecular flexibility index (Phi) is 4.39. The minimum Gasteiger partial charge on any atom is -0.478 e. The second-order valence-corrected chi connectivity index (χ2v) is 7.65. The van der Waals surface area contributed by atoms with Gasteiger partial charge in [-0.05, 0) is 61.6 Å². The van der Waals surface area contributed by atoms with E-state index in [1.54, 1.807) is 20.8 Å². The molecule has 0 saturated carbocycles. The van der Waals surface area contributed by atoms with E-state index >= 15 is 0 Å². The van der Waals surface area contributed by atoms with E-state index < -0.39 is 21.5 Å². The monoisotopic (exact) mass is 383 g/mol. The van der Waals surface area contributed by atoms with E-state index in [9.17, 15) is 13.2 Å². The first-order valence-electron chi connectivity index (χ1n) is 5.10. The number of hydrogen-bond donors (Lipinski definition) is 2. The summed E-state index contributed by atoms with van der Waals surface area (Å²) in [5.74, 6) is -1.15. The lowest BCUT2D eigenvalue weighted by atomic mass is 10.1. The second kappa shape index (κ2) is 5.14. The summed E-state index contributed by atoms with van der Waals surface area (Å²) in [5, 5.41) is 8.97. The Bertz CT molecular complexity index is 575. The van der Waals surface area contributed by atoms with Gasteiger partial charge < -0.3 is 5.11 Å². The van der Waals surface area contributed by atoms with Crippen molar-refractivity contribution < 1.29 is 18.3 Å². The molecule has 0 bridgehead atoms. The van der Waals surface area contributed by atoms with Crippen molar-refractivity contribution in [2.24, 2.45) is 0 Å². The maximum Gasteiger partial charge on any atom is 0.336 e. The molecule has 1 aromatic carbocycles. The van der Waals surface area contributed by atoms with Crippen LogP contribution in [-0.4, -0.2) is 25.0 Å². The first kappa shape index (κ1) is 15.4. The molecule has 0 spiro atoms. The zero-order valence-corrected chi connectivity index (χ0v) is 13.2. The molecular weight excluding hydrogens is 369 g/mol. The Labute approximate surface area is 120 Å². The van der Waals surface area contributed by atoms with Gasteiger partial charge in [0.1, 0.15) is 0 Å². The van der Waals surface area contributed by atoms with Crippen LogP contribution in [0.5, 0.6) is 0 Å². The zero-order chi connectivity index (χ0) is 14.1.